The molecule has 1 unspecified atom stereocenters. The van der Waals surface area contributed by atoms with Crippen LogP contribution in [0.25, 0.3) is 0 Å². The monoisotopic (exact) mass is 288 g/mol. The van der Waals surface area contributed by atoms with Crippen LogP contribution in [0.15, 0.2) is 35.7 Å². The van der Waals surface area contributed by atoms with E-state index < -0.39 is 0 Å². The Balaban J connectivity index is 2.13. The molecule has 0 saturated carbocycles. The first-order chi connectivity index (χ1) is 9.78. The highest BCUT2D eigenvalue weighted by molar-refractivity contribution is 7.09. The highest BCUT2D eigenvalue weighted by Gasteiger charge is 2.13. The molecule has 5 heteroatoms. The number of thiophene rings is 1. The molecule has 0 aliphatic heterocycles. The minimum absolute atomic E-state index is 0.378. The van der Waals surface area contributed by atoms with Crippen LogP contribution in [0.2, 0.25) is 0 Å². The third-order valence-corrected chi connectivity index (χ3v) is 3.81. The Bertz CT molecular complexity index is 590. The Kier molecular flexibility index (Phi) is 4.99. The first kappa shape index (κ1) is 14.4. The van der Waals surface area contributed by atoms with Crippen LogP contribution in [0.1, 0.15) is 16.5 Å². The van der Waals surface area contributed by atoms with Crippen LogP contribution in [-0.2, 0) is 6.54 Å². The fourth-order valence-electron chi connectivity index (χ4n) is 1.89. The number of nitrogens with one attached hydrogen (secondary N) is 1. The molecule has 0 bridgehead atoms. The number of nitriles is 1. The molecule has 1 heterocycles. The van der Waals surface area contributed by atoms with Gasteiger partial charge in [0.2, 0.25) is 0 Å². The summed E-state index contributed by atoms with van der Waals surface area (Å²) in [7, 11) is 3.18. The highest BCUT2D eigenvalue weighted by atomic mass is 32.1. The van der Waals surface area contributed by atoms with E-state index in [1.165, 1.54) is 4.88 Å². The maximum Gasteiger partial charge on any atom is 0.161 e. The molecule has 104 valence electrons. The lowest BCUT2D eigenvalue weighted by atomic mass is 10.1. The quantitative estimate of drug-likeness (QED) is 0.887. The zero-order valence-corrected chi connectivity index (χ0v) is 12.2. The summed E-state index contributed by atoms with van der Waals surface area (Å²) in [5.74, 6) is 1.29. The third-order valence-electron chi connectivity index (χ3n) is 2.93. The number of hydrogen-bond donors (Lipinski definition) is 1. The fraction of sp³-hybridized carbons (Fsp3) is 0.267. The van der Waals surface area contributed by atoms with Crippen LogP contribution in [-0.4, -0.2) is 14.2 Å². The van der Waals surface area contributed by atoms with E-state index in [1.54, 1.807) is 25.6 Å². The topological polar surface area (TPSA) is 54.3 Å². The average molecular weight is 288 g/mol. The first-order valence-corrected chi connectivity index (χ1v) is 7.03. The normalized spacial score (nSPS) is 11.7. The molecule has 4 nitrogen and oxygen atoms in total. The van der Waals surface area contributed by atoms with E-state index >= 15 is 0 Å². The number of benzene rings is 1. The van der Waals surface area contributed by atoms with Gasteiger partial charge in [-0.25, -0.2) is 0 Å². The second-order valence-electron chi connectivity index (χ2n) is 4.14. The van der Waals surface area contributed by atoms with Gasteiger partial charge in [0.1, 0.15) is 6.04 Å². The van der Waals surface area contributed by atoms with Gasteiger partial charge >= 0.3 is 0 Å². The maximum absolute atomic E-state index is 9.32. The van der Waals surface area contributed by atoms with Crippen molar-refractivity contribution in [1.29, 1.82) is 5.26 Å². The van der Waals surface area contributed by atoms with Crippen LogP contribution in [0.5, 0.6) is 11.5 Å². The fourth-order valence-corrected chi connectivity index (χ4v) is 2.54. The summed E-state index contributed by atoms with van der Waals surface area (Å²) in [6.07, 6.45) is 0. The molecule has 0 radical (unpaired) electrons. The Hall–Kier alpha value is -2.03. The lowest BCUT2D eigenvalue weighted by Crippen LogP contribution is -2.19. The van der Waals surface area contributed by atoms with E-state index in [0.717, 1.165) is 5.56 Å². The van der Waals surface area contributed by atoms with Crippen LogP contribution < -0.4 is 14.8 Å². The molecule has 0 aliphatic carbocycles. The van der Waals surface area contributed by atoms with Crippen molar-refractivity contribution in [2.75, 3.05) is 14.2 Å². The molecule has 0 saturated heterocycles. The molecule has 2 aromatic rings. The number of methoxy groups -OCH3 is 2. The lowest BCUT2D eigenvalue weighted by Gasteiger charge is -2.14. The molecule has 2 rings (SSSR count). The molecule has 0 amide bonds. The zero-order valence-electron chi connectivity index (χ0n) is 11.4. The van der Waals surface area contributed by atoms with Crippen molar-refractivity contribution >= 4 is 11.3 Å². The molecule has 1 aromatic heterocycles. The molecule has 0 aliphatic rings. The molecule has 20 heavy (non-hydrogen) atoms. The summed E-state index contributed by atoms with van der Waals surface area (Å²) in [6.45, 7) is 0.671. The second-order valence-corrected chi connectivity index (χ2v) is 5.17. The van der Waals surface area contributed by atoms with Gasteiger partial charge in [-0.3, -0.25) is 5.32 Å². The van der Waals surface area contributed by atoms with Crippen molar-refractivity contribution in [3.8, 4) is 17.6 Å². The van der Waals surface area contributed by atoms with Crippen molar-refractivity contribution < 1.29 is 9.47 Å². The van der Waals surface area contributed by atoms with Crippen molar-refractivity contribution in [2.24, 2.45) is 0 Å². The number of rotatable bonds is 6. The summed E-state index contributed by atoms with van der Waals surface area (Å²) in [5.41, 5.74) is 0.863. The van der Waals surface area contributed by atoms with Crippen LogP contribution in [0.3, 0.4) is 0 Å². The zero-order chi connectivity index (χ0) is 14.4. The van der Waals surface area contributed by atoms with Gasteiger partial charge < -0.3 is 9.47 Å². The van der Waals surface area contributed by atoms with E-state index in [1.807, 2.05) is 35.7 Å². The Labute approximate surface area is 122 Å². The molecular formula is C15H16N2O2S. The third kappa shape index (κ3) is 3.29. The van der Waals surface area contributed by atoms with E-state index in [2.05, 4.69) is 11.4 Å². The predicted octanol–water partition coefficient (Wildman–Crippen LogP) is 3.12. The maximum atomic E-state index is 9.32. The summed E-state index contributed by atoms with van der Waals surface area (Å²) in [5, 5.41) is 14.6. The van der Waals surface area contributed by atoms with Gasteiger partial charge in [-0.15, -0.1) is 11.3 Å². The average Bonchev–Trinajstić information content (AvgIpc) is 3.01. The molecule has 0 spiro atoms. The van der Waals surface area contributed by atoms with E-state index in [9.17, 15) is 5.26 Å². The molecule has 0 fully saturated rings. The van der Waals surface area contributed by atoms with Crippen molar-refractivity contribution in [3.63, 3.8) is 0 Å². The van der Waals surface area contributed by atoms with Crippen LogP contribution >= 0.6 is 11.3 Å². The van der Waals surface area contributed by atoms with Gasteiger partial charge in [0.05, 0.1) is 20.3 Å². The van der Waals surface area contributed by atoms with Crippen LogP contribution in [0.4, 0.5) is 0 Å². The van der Waals surface area contributed by atoms with Crippen molar-refractivity contribution in [1.82, 2.24) is 5.32 Å². The number of hydrogen-bond acceptors (Lipinski definition) is 5. The molecular weight excluding hydrogens is 272 g/mol. The van der Waals surface area contributed by atoms with Gasteiger partial charge in [0.25, 0.3) is 0 Å². The number of ether oxygens (including phenoxy) is 2. The standard InChI is InChI=1S/C15H16N2O2S/c1-18-14-6-5-11(8-15(14)19-2)13(9-16)17-10-12-4-3-7-20-12/h3-8,13,17H,10H2,1-2H3. The summed E-state index contributed by atoms with van der Waals surface area (Å²) >= 11 is 1.67. The lowest BCUT2D eigenvalue weighted by molar-refractivity contribution is 0.354. The van der Waals surface area contributed by atoms with Crippen molar-refractivity contribution in [2.45, 2.75) is 12.6 Å². The van der Waals surface area contributed by atoms with E-state index in [-0.39, 0.29) is 6.04 Å². The Morgan fingerprint density at radius 2 is 2.05 bits per heavy atom. The minimum atomic E-state index is -0.378. The Morgan fingerprint density at radius 3 is 2.65 bits per heavy atom. The van der Waals surface area contributed by atoms with E-state index in [0.29, 0.717) is 18.0 Å². The summed E-state index contributed by atoms with van der Waals surface area (Å²) in [6, 6.07) is 11.4. The SMILES string of the molecule is COc1ccc(C(C#N)NCc2cccs2)cc1OC. The van der Waals surface area contributed by atoms with Crippen LogP contribution in [0, 0.1) is 11.3 Å². The smallest absolute Gasteiger partial charge is 0.161 e. The highest BCUT2D eigenvalue weighted by Crippen LogP contribution is 2.30. The van der Waals surface area contributed by atoms with Gasteiger partial charge in [0, 0.05) is 11.4 Å². The van der Waals surface area contributed by atoms with E-state index in [4.69, 9.17) is 9.47 Å². The van der Waals surface area contributed by atoms with Crippen molar-refractivity contribution in [3.05, 3.63) is 46.2 Å². The minimum Gasteiger partial charge on any atom is -0.493 e. The van der Waals surface area contributed by atoms with Gasteiger partial charge in [-0.05, 0) is 29.1 Å². The largest absolute Gasteiger partial charge is 0.493 e. The second kappa shape index (κ2) is 6.94. The molecule has 1 N–H and O–H groups in total. The van der Waals surface area contributed by atoms with Gasteiger partial charge in [-0.2, -0.15) is 5.26 Å². The van der Waals surface area contributed by atoms with Gasteiger partial charge in [0.15, 0.2) is 11.5 Å². The van der Waals surface area contributed by atoms with Gasteiger partial charge in [-0.1, -0.05) is 12.1 Å². The summed E-state index contributed by atoms with van der Waals surface area (Å²) in [4.78, 5) is 1.20. The summed E-state index contributed by atoms with van der Waals surface area (Å²) < 4.78 is 10.5. The predicted molar refractivity (Wildman–Crippen MR) is 79.1 cm³/mol. The molecule has 1 atom stereocenters. The number of nitrogens with zero attached hydrogens (tertiary/aromatic N) is 1. The Morgan fingerprint density at radius 1 is 1.25 bits per heavy atom. The molecule has 1 aromatic carbocycles. The first-order valence-electron chi connectivity index (χ1n) is 6.15.